The van der Waals surface area contributed by atoms with Crippen LogP contribution in [0.3, 0.4) is 0 Å². The van der Waals surface area contributed by atoms with E-state index < -0.39 is 34.3 Å². The molecule has 176 valence electrons. The van der Waals surface area contributed by atoms with Gasteiger partial charge in [0.15, 0.2) is 0 Å². The second-order valence-electron chi connectivity index (χ2n) is 8.90. The summed E-state index contributed by atoms with van der Waals surface area (Å²) in [7, 11) is -2.28. The van der Waals surface area contributed by atoms with E-state index in [1.165, 1.54) is 38.1 Å². The second-order valence-corrected chi connectivity index (χ2v) is 10.0. The van der Waals surface area contributed by atoms with E-state index in [4.69, 9.17) is 0 Å². The van der Waals surface area contributed by atoms with Crippen molar-refractivity contribution in [3.8, 4) is 0 Å². The summed E-state index contributed by atoms with van der Waals surface area (Å²) in [5.41, 5.74) is 0.720. The lowest BCUT2D eigenvalue weighted by Gasteiger charge is -2.21. The van der Waals surface area contributed by atoms with Crippen LogP contribution < -0.4 is 0 Å². The SMILES string of the molecule is CC(C)c1cc(C(F)F)cc(C(C)C)c1CC(=O)N=[S-](=O)c1ccc(C(C)(C)O)cc1F. The van der Waals surface area contributed by atoms with E-state index in [1.54, 1.807) is 0 Å². The van der Waals surface area contributed by atoms with Gasteiger partial charge in [0.05, 0.1) is 12.0 Å². The molecule has 0 atom stereocenters. The number of hydrogen-bond donors (Lipinski definition) is 1. The summed E-state index contributed by atoms with van der Waals surface area (Å²) in [6.45, 7) is 10.4. The lowest BCUT2D eigenvalue weighted by atomic mass is 9.85. The molecule has 0 aliphatic carbocycles. The van der Waals surface area contributed by atoms with Crippen LogP contribution in [0.15, 0.2) is 39.6 Å². The van der Waals surface area contributed by atoms with Gasteiger partial charge in [-0.1, -0.05) is 44.7 Å². The summed E-state index contributed by atoms with van der Waals surface area (Å²) in [6, 6.07) is 6.51. The maximum Gasteiger partial charge on any atom is 0.263 e. The van der Waals surface area contributed by atoms with Gasteiger partial charge in [-0.25, -0.2) is 13.2 Å². The van der Waals surface area contributed by atoms with Gasteiger partial charge >= 0.3 is 0 Å². The summed E-state index contributed by atoms with van der Waals surface area (Å²) >= 11 is 0. The Balaban J connectivity index is 2.44. The van der Waals surface area contributed by atoms with E-state index in [0.29, 0.717) is 22.3 Å². The first kappa shape index (κ1) is 26.1. The zero-order valence-electron chi connectivity index (χ0n) is 19.1. The van der Waals surface area contributed by atoms with Crippen molar-refractivity contribution in [2.75, 3.05) is 0 Å². The number of benzene rings is 2. The first-order valence-corrected chi connectivity index (χ1v) is 11.5. The number of carbonyl (C=O) groups excluding carboxylic acids is 1. The molecule has 0 bridgehead atoms. The highest BCUT2D eigenvalue weighted by molar-refractivity contribution is 7.75. The minimum atomic E-state index is -2.64. The monoisotopic (exact) mass is 468 g/mol. The molecule has 2 aromatic rings. The maximum atomic E-state index is 14.4. The molecule has 1 N–H and O–H groups in total. The van der Waals surface area contributed by atoms with Gasteiger partial charge in [-0.05, 0) is 66.1 Å². The molecule has 8 heteroatoms. The first-order valence-electron chi connectivity index (χ1n) is 10.4. The quantitative estimate of drug-likeness (QED) is 0.471. The molecular weight excluding hydrogens is 439 g/mol. The third-order valence-electron chi connectivity index (χ3n) is 5.18. The molecule has 0 heterocycles. The number of hydrogen-bond acceptors (Lipinski definition) is 4. The zero-order valence-corrected chi connectivity index (χ0v) is 19.9. The molecule has 4 nitrogen and oxygen atoms in total. The highest BCUT2D eigenvalue weighted by Gasteiger charge is 2.21. The van der Waals surface area contributed by atoms with Crippen LogP contribution in [0.4, 0.5) is 13.2 Å². The molecule has 2 aromatic carbocycles. The van der Waals surface area contributed by atoms with Crippen LogP contribution in [0.1, 0.15) is 87.6 Å². The molecule has 0 fully saturated rings. The number of alkyl halides is 2. The Kier molecular flexibility index (Phi) is 8.28. The van der Waals surface area contributed by atoms with Crippen LogP contribution >= 0.6 is 0 Å². The van der Waals surface area contributed by atoms with E-state index in [9.17, 15) is 27.3 Å². The summed E-state index contributed by atoms with van der Waals surface area (Å²) in [6.07, 6.45) is -2.86. The van der Waals surface area contributed by atoms with E-state index in [-0.39, 0.29) is 28.7 Å². The Morgan fingerprint density at radius 1 is 1.06 bits per heavy atom. The molecule has 1 amide bonds. The summed E-state index contributed by atoms with van der Waals surface area (Å²) in [4.78, 5) is 12.4. The number of rotatable bonds is 7. The summed E-state index contributed by atoms with van der Waals surface area (Å²) in [5, 5.41) is 9.98. The first-order chi connectivity index (χ1) is 14.7. The Morgan fingerprint density at radius 2 is 1.59 bits per heavy atom. The van der Waals surface area contributed by atoms with Crippen LogP contribution in [-0.4, -0.2) is 11.0 Å². The topological polar surface area (TPSA) is 66.7 Å². The van der Waals surface area contributed by atoms with Crippen LogP contribution in [0, 0.1) is 5.82 Å². The highest BCUT2D eigenvalue weighted by Crippen LogP contribution is 2.33. The fourth-order valence-electron chi connectivity index (χ4n) is 3.45. The molecular formula is C24H29F3NO3S-. The molecule has 0 unspecified atom stereocenters. The lowest BCUT2D eigenvalue weighted by Crippen LogP contribution is -2.15. The minimum Gasteiger partial charge on any atom is -0.439 e. The van der Waals surface area contributed by atoms with Crippen LogP contribution in [0.25, 0.3) is 0 Å². The molecule has 2 rings (SSSR count). The average Bonchev–Trinajstić information content (AvgIpc) is 2.66. The molecule has 0 radical (unpaired) electrons. The van der Waals surface area contributed by atoms with Crippen LogP contribution in [0.2, 0.25) is 0 Å². The number of halogens is 3. The Labute approximate surface area is 189 Å². The van der Waals surface area contributed by atoms with E-state index in [0.717, 1.165) is 6.07 Å². The van der Waals surface area contributed by atoms with Gasteiger partial charge in [-0.3, -0.25) is 4.79 Å². The number of carbonyl (C=O) groups is 1. The molecule has 32 heavy (non-hydrogen) atoms. The Morgan fingerprint density at radius 3 is 2.00 bits per heavy atom. The van der Waals surface area contributed by atoms with Crippen molar-refractivity contribution in [1.82, 2.24) is 0 Å². The van der Waals surface area contributed by atoms with Crippen LogP contribution in [-0.2, 0) is 31.6 Å². The summed E-state index contributed by atoms with van der Waals surface area (Å²) < 4.78 is 57.3. The van der Waals surface area contributed by atoms with Crippen molar-refractivity contribution in [2.24, 2.45) is 4.36 Å². The van der Waals surface area contributed by atoms with Gasteiger partial charge in [0.1, 0.15) is 5.82 Å². The molecule has 0 saturated heterocycles. The highest BCUT2D eigenvalue weighted by atomic mass is 32.2. The average molecular weight is 469 g/mol. The van der Waals surface area contributed by atoms with Crippen molar-refractivity contribution < 1.29 is 27.3 Å². The van der Waals surface area contributed by atoms with Crippen molar-refractivity contribution in [3.63, 3.8) is 0 Å². The predicted molar refractivity (Wildman–Crippen MR) is 119 cm³/mol. The zero-order chi connectivity index (χ0) is 24.4. The van der Waals surface area contributed by atoms with Gasteiger partial charge in [0.2, 0.25) is 5.91 Å². The third-order valence-corrected chi connectivity index (χ3v) is 6.25. The van der Waals surface area contributed by atoms with Crippen LogP contribution in [0.5, 0.6) is 0 Å². The van der Waals surface area contributed by atoms with Gasteiger partial charge in [0.25, 0.3) is 6.43 Å². The molecule has 0 aliphatic heterocycles. The van der Waals surface area contributed by atoms with Gasteiger partial charge in [0, 0.05) is 5.56 Å². The third kappa shape index (κ3) is 6.19. The number of amides is 1. The smallest absolute Gasteiger partial charge is 0.263 e. The molecule has 0 aromatic heterocycles. The van der Waals surface area contributed by atoms with E-state index in [1.807, 2.05) is 27.7 Å². The maximum absolute atomic E-state index is 14.4. The van der Waals surface area contributed by atoms with Gasteiger partial charge < -0.3 is 13.7 Å². The van der Waals surface area contributed by atoms with Crippen molar-refractivity contribution in [3.05, 3.63) is 64.0 Å². The Bertz CT molecular complexity index is 1050. The largest absolute Gasteiger partial charge is 0.439 e. The number of nitrogens with zero attached hydrogens (tertiary/aromatic N) is 1. The van der Waals surface area contributed by atoms with Crippen molar-refractivity contribution >= 4 is 16.5 Å². The molecule has 0 aliphatic rings. The number of aliphatic hydroxyl groups is 1. The van der Waals surface area contributed by atoms with Crippen molar-refractivity contribution in [1.29, 1.82) is 0 Å². The predicted octanol–water partition coefficient (Wildman–Crippen LogP) is 6.51. The van der Waals surface area contributed by atoms with E-state index in [2.05, 4.69) is 4.36 Å². The van der Waals surface area contributed by atoms with E-state index >= 15 is 0 Å². The summed E-state index contributed by atoms with van der Waals surface area (Å²) in [5.74, 6) is -1.81. The fraction of sp³-hybridized carbons (Fsp3) is 0.458. The van der Waals surface area contributed by atoms with Gasteiger partial charge in [-0.2, -0.15) is 10.6 Å². The minimum absolute atomic E-state index is 0.108. The molecule has 0 spiro atoms. The molecule has 0 saturated carbocycles. The second kappa shape index (κ2) is 10.2. The fourth-order valence-corrected chi connectivity index (χ4v) is 4.21. The Hall–Kier alpha value is -2.19. The normalized spacial score (nSPS) is 13.4. The van der Waals surface area contributed by atoms with Gasteiger partial charge in [-0.15, -0.1) is 0 Å². The standard InChI is InChI=1S/C24H29F3NO3S/c1-13(2)17-9-15(23(26)27)10-18(14(3)4)19(17)12-22(29)28-32(31)21-8-7-16(11-20(21)25)24(5,6)30/h7-11,13-14,23,30H,12H2,1-6H3/q-1. The lowest BCUT2D eigenvalue weighted by molar-refractivity contribution is -0.117. The van der Waals surface area contributed by atoms with Crippen molar-refractivity contribution in [2.45, 2.75) is 76.7 Å².